The zero-order chi connectivity index (χ0) is 43.9. The van der Waals surface area contributed by atoms with Crippen LogP contribution >= 0.6 is 0 Å². The van der Waals surface area contributed by atoms with Crippen LogP contribution in [0.5, 0.6) is 11.5 Å². The van der Waals surface area contributed by atoms with Crippen molar-refractivity contribution in [3.63, 3.8) is 0 Å². The van der Waals surface area contributed by atoms with Crippen LogP contribution in [0, 0.1) is 13.8 Å². The van der Waals surface area contributed by atoms with Gasteiger partial charge >= 0.3 is 79.4 Å². The van der Waals surface area contributed by atoms with Gasteiger partial charge in [-0.15, -0.1) is 30.0 Å². The molecule has 0 fully saturated rings. The Morgan fingerprint density at radius 3 is 1.11 bits per heavy atom. The van der Waals surface area contributed by atoms with Gasteiger partial charge in [0.15, 0.2) is 11.5 Å². The van der Waals surface area contributed by atoms with E-state index in [1.165, 1.54) is 48.5 Å². The van der Waals surface area contributed by atoms with E-state index in [0.29, 0.717) is 10.8 Å². The molecule has 7 aromatic carbocycles. The van der Waals surface area contributed by atoms with Gasteiger partial charge in [-0.05, 0) is 85.3 Å². The topological polar surface area (TPSA) is 263 Å². The third-order valence-electron chi connectivity index (χ3n) is 9.75. The molecule has 0 aliphatic carbocycles. The van der Waals surface area contributed by atoms with Crippen LogP contribution in [0.15, 0.2) is 141 Å². The second-order valence-corrected chi connectivity index (χ2v) is 19.9. The van der Waals surface area contributed by atoms with Crippen molar-refractivity contribution < 1.29 is 110 Å². The van der Waals surface area contributed by atoms with Gasteiger partial charge in [0.1, 0.15) is 63.5 Å². The second kappa shape index (κ2) is 17.2. The zero-order valence-electron chi connectivity index (χ0n) is 33.8. The maximum Gasteiger partial charge on any atom is 1.00 e. The SMILES string of the molecule is Cc1ccc(S(=O)(=O)Oc2cc(-n3nc4ccc5ccc(S(=O)(=O)[O-])cc5c4n3)c(OS(=O)(=O)c3ccc(C)cc3)cc2-n2nc3ccc4ccc(S(=O)(=O)[O-])cc4c3n2)cc1.[Na+].[Na+]. The van der Waals surface area contributed by atoms with Gasteiger partial charge in [0.05, 0.1) is 9.79 Å². The number of benzene rings is 7. The molecule has 2 aromatic heterocycles. The van der Waals surface area contributed by atoms with E-state index in [9.17, 15) is 42.8 Å². The van der Waals surface area contributed by atoms with Crippen molar-refractivity contribution in [3.05, 3.63) is 132 Å². The number of rotatable bonds is 10. The molecule has 0 saturated carbocycles. The maximum atomic E-state index is 14.0. The van der Waals surface area contributed by atoms with Gasteiger partial charge < -0.3 is 17.5 Å². The van der Waals surface area contributed by atoms with Gasteiger partial charge in [0, 0.05) is 22.9 Å². The number of hydrogen-bond acceptors (Lipinski definition) is 16. The van der Waals surface area contributed by atoms with Crippen LogP contribution in [-0.4, -0.2) is 72.8 Å². The summed E-state index contributed by atoms with van der Waals surface area (Å²) in [4.78, 5) is 0.241. The Hall–Kier alpha value is -4.82. The predicted molar refractivity (Wildman–Crippen MR) is 220 cm³/mol. The molecule has 0 unspecified atom stereocenters. The molecule has 9 aromatic rings. The Bertz CT molecular complexity index is 3560. The summed E-state index contributed by atoms with van der Waals surface area (Å²) in [6.07, 6.45) is 0. The van der Waals surface area contributed by atoms with E-state index in [1.807, 2.05) is 0 Å². The average molecular weight is 957 g/mol. The van der Waals surface area contributed by atoms with E-state index in [4.69, 9.17) is 8.37 Å². The van der Waals surface area contributed by atoms with Crippen molar-refractivity contribution in [2.45, 2.75) is 33.4 Å². The summed E-state index contributed by atoms with van der Waals surface area (Å²) in [6, 6.07) is 27.2. The van der Waals surface area contributed by atoms with Crippen molar-refractivity contribution in [3.8, 4) is 22.9 Å². The Labute approximate surface area is 409 Å². The van der Waals surface area contributed by atoms with Crippen LogP contribution in [0.4, 0.5) is 0 Å². The van der Waals surface area contributed by atoms with Gasteiger partial charge in [0.2, 0.25) is 0 Å². The molecular weight excluding hydrogens is 931 g/mol. The van der Waals surface area contributed by atoms with Crippen LogP contribution in [-0.2, 0) is 40.5 Å². The monoisotopic (exact) mass is 956 g/mol. The maximum absolute atomic E-state index is 14.0. The van der Waals surface area contributed by atoms with Crippen molar-refractivity contribution in [1.82, 2.24) is 30.0 Å². The normalized spacial score (nSPS) is 12.3. The second-order valence-electron chi connectivity index (χ2n) is 14.0. The molecule has 24 heteroatoms. The molecule has 0 saturated heterocycles. The van der Waals surface area contributed by atoms with Gasteiger partial charge in [-0.25, -0.2) is 16.8 Å². The van der Waals surface area contributed by atoms with E-state index in [-0.39, 0.29) is 113 Å². The largest absolute Gasteiger partial charge is 1.00 e. The van der Waals surface area contributed by atoms with Crippen molar-refractivity contribution in [2.24, 2.45) is 0 Å². The summed E-state index contributed by atoms with van der Waals surface area (Å²) >= 11 is 0. The molecule has 0 N–H and O–H groups in total. The third-order valence-corrected chi connectivity index (χ3v) is 13.9. The molecule has 314 valence electrons. The summed E-state index contributed by atoms with van der Waals surface area (Å²) < 4.78 is 139. The Kier molecular flexibility index (Phi) is 12.7. The first-order valence-electron chi connectivity index (χ1n) is 18.0. The Morgan fingerprint density at radius 2 is 0.766 bits per heavy atom. The smallest absolute Gasteiger partial charge is 0.744 e. The fraction of sp³-hybridized carbons (Fsp3) is 0.0500. The molecular formula is C40H26N6Na2O12S4. The molecule has 0 radical (unpaired) electrons. The molecule has 0 spiro atoms. The molecule has 18 nitrogen and oxygen atoms in total. The van der Waals surface area contributed by atoms with Crippen LogP contribution in [0.1, 0.15) is 11.1 Å². The van der Waals surface area contributed by atoms with Crippen LogP contribution < -0.4 is 67.5 Å². The van der Waals surface area contributed by atoms with E-state index < -0.39 is 61.8 Å². The summed E-state index contributed by atoms with van der Waals surface area (Å²) in [5.41, 5.74) is 1.34. The van der Waals surface area contributed by atoms with E-state index in [0.717, 1.165) is 57.1 Å². The van der Waals surface area contributed by atoms with E-state index >= 15 is 0 Å². The average Bonchev–Trinajstić information content (AvgIpc) is 3.86. The van der Waals surface area contributed by atoms with Crippen LogP contribution in [0.25, 0.3) is 55.0 Å². The zero-order valence-corrected chi connectivity index (χ0v) is 41.0. The summed E-state index contributed by atoms with van der Waals surface area (Å²) in [5, 5.41) is 19.4. The molecule has 0 amide bonds. The standard InChI is InChI=1S/C40H28N6O12S4.2Na/c1-23-3-11-27(12-4-23)61(53,54)57-37-21-36(46-42-34-18-10-26-8-16-30(60(50,51)52)20-32(26)40(34)44-46)38(58-62(55,56)28-13-5-24(2)6-14-28)22-35(37)45-41-33-17-9-25-7-15-29(59(47,48)49)19-31(25)39(33)43-45;;/h3-22H,1-2H3,(H,47,48,49)(H,50,51,52);;/q;2*+1/p-2. The molecule has 0 atom stereocenters. The summed E-state index contributed by atoms with van der Waals surface area (Å²) in [6.45, 7) is 3.51. The van der Waals surface area contributed by atoms with Crippen LogP contribution in [0.2, 0.25) is 0 Å². The Morgan fingerprint density at radius 1 is 0.438 bits per heavy atom. The first kappa shape index (κ1) is 47.2. The molecule has 9 rings (SSSR count). The summed E-state index contributed by atoms with van der Waals surface area (Å²) in [5.74, 6) is -1.00. The quantitative estimate of drug-likeness (QED) is 0.0944. The number of aryl methyl sites for hydroxylation is 2. The minimum Gasteiger partial charge on any atom is -0.744 e. The minimum absolute atomic E-state index is 0. The first-order valence-corrected chi connectivity index (χ1v) is 23.6. The van der Waals surface area contributed by atoms with E-state index in [2.05, 4.69) is 20.4 Å². The number of aromatic nitrogens is 6. The number of nitrogens with zero attached hydrogens (tertiary/aromatic N) is 6. The van der Waals surface area contributed by atoms with Crippen LogP contribution in [0.3, 0.4) is 0 Å². The van der Waals surface area contributed by atoms with Crippen molar-refractivity contribution in [1.29, 1.82) is 0 Å². The molecule has 0 aliphatic rings. The van der Waals surface area contributed by atoms with Crippen molar-refractivity contribution >= 4 is 84.1 Å². The molecule has 64 heavy (non-hydrogen) atoms. The number of fused-ring (bicyclic) bond motifs is 6. The first-order chi connectivity index (χ1) is 29.2. The van der Waals surface area contributed by atoms with Gasteiger partial charge in [-0.1, -0.05) is 59.7 Å². The van der Waals surface area contributed by atoms with Crippen molar-refractivity contribution in [2.75, 3.05) is 0 Å². The summed E-state index contributed by atoms with van der Waals surface area (Å²) in [7, 11) is -19.1. The van der Waals surface area contributed by atoms with E-state index in [1.54, 1.807) is 50.2 Å². The Balaban J connectivity index is 0.00000306. The van der Waals surface area contributed by atoms with Gasteiger partial charge in [-0.3, -0.25) is 0 Å². The number of hydrogen-bond donors (Lipinski definition) is 0. The molecule has 0 aliphatic heterocycles. The molecule has 2 heterocycles. The van der Waals surface area contributed by atoms with Gasteiger partial charge in [-0.2, -0.15) is 16.8 Å². The minimum atomic E-state index is -4.89. The fourth-order valence-electron chi connectivity index (χ4n) is 6.61. The molecule has 0 bridgehead atoms. The third kappa shape index (κ3) is 9.05. The van der Waals surface area contributed by atoms with Gasteiger partial charge in [0.25, 0.3) is 0 Å². The fourth-order valence-corrected chi connectivity index (χ4v) is 9.47. The predicted octanol–water partition coefficient (Wildman–Crippen LogP) is -0.571.